The van der Waals surface area contributed by atoms with Crippen LogP contribution in [0.2, 0.25) is 0 Å². The van der Waals surface area contributed by atoms with Crippen molar-refractivity contribution >= 4 is 40.4 Å². The van der Waals surface area contributed by atoms with Crippen LogP contribution in [0.15, 0.2) is 50.5 Å². The van der Waals surface area contributed by atoms with Crippen LogP contribution in [0.25, 0.3) is 0 Å². The molecule has 42 heavy (non-hydrogen) atoms. The third kappa shape index (κ3) is 5.55. The van der Waals surface area contributed by atoms with Crippen molar-refractivity contribution in [1.29, 1.82) is 0 Å². The molecule has 0 saturated heterocycles. The van der Waals surface area contributed by atoms with Gasteiger partial charge in [0.15, 0.2) is 21.0 Å². The number of halogens is 1. The van der Waals surface area contributed by atoms with Crippen molar-refractivity contribution in [3.63, 3.8) is 0 Å². The lowest BCUT2D eigenvalue weighted by atomic mass is 9.86. The van der Waals surface area contributed by atoms with Crippen molar-refractivity contribution in [2.75, 3.05) is 6.61 Å². The molecular formula is C29H31BrN4O6S2. The lowest BCUT2D eigenvalue weighted by Crippen LogP contribution is -2.33. The molecule has 0 radical (unpaired) electrons. The van der Waals surface area contributed by atoms with Gasteiger partial charge in [-0.25, -0.2) is 0 Å². The molecule has 4 rings (SSSR count). The Morgan fingerprint density at radius 3 is 1.81 bits per heavy atom. The van der Waals surface area contributed by atoms with Crippen LogP contribution >= 0.6 is 40.4 Å². The summed E-state index contributed by atoms with van der Waals surface area (Å²) < 4.78 is 17.6. The second-order valence-corrected chi connectivity index (χ2v) is 11.4. The molecule has 0 aliphatic rings. The number of hydrogen-bond acceptors (Lipinski definition) is 8. The molecule has 2 heterocycles. The van der Waals surface area contributed by atoms with E-state index in [1.54, 1.807) is 12.1 Å². The molecule has 0 aliphatic carbocycles. The van der Waals surface area contributed by atoms with Crippen molar-refractivity contribution in [2.24, 2.45) is 28.2 Å². The lowest BCUT2D eigenvalue weighted by molar-refractivity contribution is 0.267. The highest BCUT2D eigenvalue weighted by Gasteiger charge is 2.33. The Morgan fingerprint density at radius 2 is 1.33 bits per heavy atom. The third-order valence-corrected chi connectivity index (χ3v) is 8.77. The summed E-state index contributed by atoms with van der Waals surface area (Å²) >= 11 is 14.2. The van der Waals surface area contributed by atoms with Crippen LogP contribution in [0.5, 0.6) is 23.3 Å². The van der Waals surface area contributed by atoms with Gasteiger partial charge in [0.05, 0.1) is 28.1 Å². The van der Waals surface area contributed by atoms with E-state index in [-0.39, 0.29) is 27.3 Å². The zero-order valence-electron chi connectivity index (χ0n) is 24.0. The maximum absolute atomic E-state index is 13.7. The second kappa shape index (κ2) is 12.3. The molecule has 0 fully saturated rings. The fourth-order valence-corrected chi connectivity index (χ4v) is 5.61. The van der Waals surface area contributed by atoms with Gasteiger partial charge in [0.2, 0.25) is 11.8 Å². The molecule has 0 bridgehead atoms. The van der Waals surface area contributed by atoms with E-state index >= 15 is 0 Å². The highest BCUT2D eigenvalue weighted by molar-refractivity contribution is 9.10. The summed E-state index contributed by atoms with van der Waals surface area (Å²) in [5.74, 6) is -1.42. The summed E-state index contributed by atoms with van der Waals surface area (Å²) in [5, 5.41) is 22.6. The van der Waals surface area contributed by atoms with Gasteiger partial charge >= 0.3 is 0 Å². The van der Waals surface area contributed by atoms with Gasteiger partial charge in [-0.1, -0.05) is 29.8 Å². The van der Waals surface area contributed by atoms with Crippen LogP contribution < -0.4 is 20.6 Å². The van der Waals surface area contributed by atoms with Gasteiger partial charge in [-0.15, -0.1) is 0 Å². The number of aromatic hydroxyl groups is 2. The molecule has 4 aromatic rings. The van der Waals surface area contributed by atoms with Crippen LogP contribution in [0.3, 0.4) is 0 Å². The fraction of sp³-hybridized carbons (Fsp3) is 0.310. The van der Waals surface area contributed by atoms with Gasteiger partial charge in [0.1, 0.15) is 6.61 Å². The number of aromatic nitrogens is 4. The number of aryl methyl sites for hydroxylation is 1. The standard InChI is InChI=1S/C29H31BrN4O6S2/c1-7-39-19-13-17(12-18(30)23(19)40-14-16-10-8-15(2)9-11-16)20(21-24(35)31(3)28(41)32(4)25(21)36)22-26(37)33(5)29(42)34(6)27(22)38/h8-13,20,35,37H,7,14H2,1-6H3. The average molecular weight is 676 g/mol. The predicted molar refractivity (Wildman–Crippen MR) is 168 cm³/mol. The minimum atomic E-state index is -1.26. The summed E-state index contributed by atoms with van der Waals surface area (Å²) in [6.07, 6.45) is 0. The molecule has 0 unspecified atom stereocenters. The summed E-state index contributed by atoms with van der Waals surface area (Å²) in [4.78, 5) is 27.4. The fourth-order valence-electron chi connectivity index (χ4n) is 4.70. The summed E-state index contributed by atoms with van der Waals surface area (Å²) in [6, 6.07) is 11.2. The first-order valence-electron chi connectivity index (χ1n) is 12.9. The SMILES string of the molecule is CCOc1cc(C(c2c(O)n(C)c(=S)n(C)c2=O)c2c(O)n(C)c(=S)n(C)c2=O)cc(Br)c1OCc1ccc(C)cc1. The van der Waals surface area contributed by atoms with Crippen LogP contribution in [0.4, 0.5) is 0 Å². The Balaban J connectivity index is 2.04. The van der Waals surface area contributed by atoms with Crippen LogP contribution in [-0.4, -0.2) is 35.1 Å². The number of nitrogens with zero attached hydrogens (tertiary/aromatic N) is 4. The number of hydrogen-bond donors (Lipinski definition) is 2. The monoisotopic (exact) mass is 674 g/mol. The molecule has 0 amide bonds. The topological polar surface area (TPSA) is 113 Å². The predicted octanol–water partition coefficient (Wildman–Crippen LogP) is 4.86. The minimum Gasteiger partial charge on any atom is -0.494 e. The summed E-state index contributed by atoms with van der Waals surface area (Å²) in [6.45, 7) is 4.37. The van der Waals surface area contributed by atoms with E-state index in [4.69, 9.17) is 33.9 Å². The third-order valence-electron chi connectivity index (χ3n) is 7.08. The van der Waals surface area contributed by atoms with Crippen molar-refractivity contribution in [2.45, 2.75) is 26.4 Å². The maximum Gasteiger partial charge on any atom is 0.262 e. The Bertz CT molecular complexity index is 1840. The zero-order chi connectivity index (χ0) is 31.0. The number of benzene rings is 2. The minimum absolute atomic E-state index is 0.0691. The van der Waals surface area contributed by atoms with Gasteiger partial charge < -0.3 is 19.7 Å². The first kappa shape index (κ1) is 31.3. The Hall–Kier alpha value is -3.68. The normalized spacial score (nSPS) is 11.2. The zero-order valence-corrected chi connectivity index (χ0v) is 27.2. The molecule has 0 aliphatic heterocycles. The molecular weight excluding hydrogens is 644 g/mol. The van der Waals surface area contributed by atoms with Crippen LogP contribution in [-0.2, 0) is 34.8 Å². The molecule has 2 N–H and O–H groups in total. The molecule has 0 atom stereocenters. The lowest BCUT2D eigenvalue weighted by Gasteiger charge is -2.24. The Kier molecular flexibility index (Phi) is 9.14. The average Bonchev–Trinajstić information content (AvgIpc) is 2.96. The largest absolute Gasteiger partial charge is 0.494 e. The van der Waals surface area contributed by atoms with Crippen molar-refractivity contribution in [3.8, 4) is 23.3 Å². The van der Waals surface area contributed by atoms with E-state index in [1.165, 1.54) is 46.5 Å². The first-order chi connectivity index (χ1) is 19.8. The highest BCUT2D eigenvalue weighted by atomic mass is 79.9. The molecule has 2 aromatic heterocycles. The van der Waals surface area contributed by atoms with Gasteiger partial charge in [-0.05, 0) is 77.5 Å². The van der Waals surface area contributed by atoms with Crippen molar-refractivity contribution in [1.82, 2.24) is 18.3 Å². The second-order valence-electron chi connectivity index (χ2n) is 9.86. The Morgan fingerprint density at radius 1 is 0.833 bits per heavy atom. The highest BCUT2D eigenvalue weighted by Crippen LogP contribution is 2.44. The maximum atomic E-state index is 13.7. The van der Waals surface area contributed by atoms with E-state index in [2.05, 4.69) is 15.9 Å². The van der Waals surface area contributed by atoms with E-state index in [0.29, 0.717) is 28.1 Å². The van der Waals surface area contributed by atoms with Crippen LogP contribution in [0.1, 0.15) is 40.7 Å². The quantitative estimate of drug-likeness (QED) is 0.255. The molecule has 2 aromatic carbocycles. The van der Waals surface area contributed by atoms with E-state index in [9.17, 15) is 19.8 Å². The molecule has 0 spiro atoms. The number of ether oxygens (including phenoxy) is 2. The van der Waals surface area contributed by atoms with Gasteiger partial charge in [0, 0.05) is 28.2 Å². The molecule has 10 nitrogen and oxygen atoms in total. The van der Waals surface area contributed by atoms with Gasteiger partial charge in [-0.3, -0.25) is 27.9 Å². The van der Waals surface area contributed by atoms with E-state index in [0.717, 1.165) is 11.1 Å². The van der Waals surface area contributed by atoms with Gasteiger partial charge in [-0.2, -0.15) is 0 Å². The first-order valence-corrected chi connectivity index (χ1v) is 14.5. The summed E-state index contributed by atoms with van der Waals surface area (Å²) in [7, 11) is 5.95. The van der Waals surface area contributed by atoms with Crippen LogP contribution in [0, 0.1) is 16.5 Å². The number of rotatable bonds is 8. The van der Waals surface area contributed by atoms with Gasteiger partial charge in [0.25, 0.3) is 11.1 Å². The Labute approximate surface area is 260 Å². The van der Waals surface area contributed by atoms with Crippen molar-refractivity contribution < 1.29 is 19.7 Å². The molecule has 0 saturated carbocycles. The van der Waals surface area contributed by atoms with E-state index in [1.807, 2.05) is 38.1 Å². The van der Waals surface area contributed by atoms with E-state index < -0.39 is 28.8 Å². The molecule has 222 valence electrons. The molecule has 13 heteroatoms. The summed E-state index contributed by atoms with van der Waals surface area (Å²) in [5.41, 5.74) is 0.835. The van der Waals surface area contributed by atoms with Crippen molar-refractivity contribution in [3.05, 3.63) is 98.9 Å². The smallest absolute Gasteiger partial charge is 0.262 e.